The van der Waals surface area contributed by atoms with Gasteiger partial charge >= 0.3 is 0 Å². The summed E-state index contributed by atoms with van der Waals surface area (Å²) in [6, 6.07) is 15.1. The maximum atomic E-state index is 6.42. The summed E-state index contributed by atoms with van der Waals surface area (Å²) in [5.74, 6) is 1.95. The number of ether oxygens (including phenoxy) is 6. The molecule has 214 valence electrons. The molecule has 0 amide bonds. The van der Waals surface area contributed by atoms with E-state index in [0.29, 0.717) is 25.9 Å². The van der Waals surface area contributed by atoms with Crippen LogP contribution in [0.25, 0.3) is 0 Å². The Kier molecular flexibility index (Phi) is 11.4. The Hall–Kier alpha value is -2.12. The highest BCUT2D eigenvalue weighted by Crippen LogP contribution is 2.36. The summed E-state index contributed by atoms with van der Waals surface area (Å²) in [5, 5.41) is 0. The second kappa shape index (κ2) is 15.6. The molecule has 3 atom stereocenters. The fraction of sp³-hybridized carbons (Fsp3) is 0.636. The Bertz CT molecular complexity index is 968. The Balaban J connectivity index is 1.09. The predicted octanol–water partition coefficient (Wildman–Crippen LogP) is 6.11. The summed E-state index contributed by atoms with van der Waals surface area (Å²) in [7, 11) is 0. The molecule has 2 aromatic carbocycles. The van der Waals surface area contributed by atoms with Crippen LogP contribution in [-0.2, 0) is 38.2 Å². The van der Waals surface area contributed by atoms with Crippen LogP contribution in [0.1, 0.15) is 68.1 Å². The Morgan fingerprint density at radius 1 is 0.590 bits per heavy atom. The van der Waals surface area contributed by atoms with E-state index in [2.05, 4.69) is 42.5 Å². The third-order valence-electron chi connectivity index (χ3n) is 7.62. The van der Waals surface area contributed by atoms with Crippen molar-refractivity contribution in [3.63, 3.8) is 0 Å². The molecule has 5 rings (SSSR count). The monoisotopic (exact) mass is 538 g/mol. The summed E-state index contributed by atoms with van der Waals surface area (Å²) < 4.78 is 34.5. The highest BCUT2D eigenvalue weighted by molar-refractivity contribution is 5.50. The summed E-state index contributed by atoms with van der Waals surface area (Å²) in [4.78, 5) is 0. The molecule has 3 aliphatic heterocycles. The van der Waals surface area contributed by atoms with Crippen LogP contribution in [-0.4, -0.2) is 64.6 Å². The summed E-state index contributed by atoms with van der Waals surface area (Å²) in [6.07, 6.45) is 13.7. The lowest BCUT2D eigenvalue weighted by Crippen LogP contribution is -2.12. The standard InChI is InChI=1S/C33H46O6/c1(2-4-7-12-26-13-8-6-9-14-26)3-5-10-16-31-32(38-24-29-22-36-29)18-17-27(33(31)39-25-30-23-37-30)15-11-19-34-20-28-21-35-28/h6,8-9,13-14,17-18,28-30H,1-5,7,10-12,15-16,19-25H2. The molecule has 3 heterocycles. The van der Waals surface area contributed by atoms with Crippen LogP contribution in [0.5, 0.6) is 11.5 Å². The van der Waals surface area contributed by atoms with Gasteiger partial charge in [0, 0.05) is 12.2 Å². The molecule has 2 aromatic rings. The topological polar surface area (TPSA) is 65.3 Å². The first-order valence-electron chi connectivity index (χ1n) is 15.2. The zero-order valence-electron chi connectivity index (χ0n) is 23.5. The first kappa shape index (κ1) is 28.4. The lowest BCUT2D eigenvalue weighted by molar-refractivity contribution is 0.114. The summed E-state index contributed by atoms with van der Waals surface area (Å²) >= 11 is 0. The van der Waals surface area contributed by atoms with Gasteiger partial charge in [0.15, 0.2) is 0 Å². The van der Waals surface area contributed by atoms with E-state index in [-0.39, 0.29) is 12.2 Å². The smallest absolute Gasteiger partial charge is 0.129 e. The first-order chi connectivity index (χ1) is 19.3. The molecule has 39 heavy (non-hydrogen) atoms. The zero-order valence-corrected chi connectivity index (χ0v) is 23.5. The lowest BCUT2D eigenvalue weighted by atomic mass is 9.98. The van der Waals surface area contributed by atoms with Gasteiger partial charge in [-0.15, -0.1) is 0 Å². The van der Waals surface area contributed by atoms with Gasteiger partial charge in [-0.1, -0.05) is 68.5 Å². The van der Waals surface area contributed by atoms with Crippen LogP contribution in [0, 0.1) is 0 Å². The zero-order chi connectivity index (χ0) is 26.5. The minimum atomic E-state index is 0.221. The van der Waals surface area contributed by atoms with E-state index in [4.69, 9.17) is 28.4 Å². The van der Waals surface area contributed by atoms with Crippen molar-refractivity contribution in [1.82, 2.24) is 0 Å². The number of benzene rings is 2. The molecule has 0 bridgehead atoms. The molecule has 0 spiro atoms. The van der Waals surface area contributed by atoms with Crippen molar-refractivity contribution < 1.29 is 28.4 Å². The number of hydrogen-bond acceptors (Lipinski definition) is 6. The minimum absolute atomic E-state index is 0.221. The quantitative estimate of drug-likeness (QED) is 0.133. The highest BCUT2D eigenvalue weighted by atomic mass is 16.6. The Morgan fingerprint density at radius 2 is 1.21 bits per heavy atom. The van der Waals surface area contributed by atoms with E-state index in [1.54, 1.807) is 0 Å². The third-order valence-corrected chi connectivity index (χ3v) is 7.62. The Labute approximate surface area is 234 Å². The van der Waals surface area contributed by atoms with Gasteiger partial charge in [0.2, 0.25) is 0 Å². The molecule has 0 saturated carbocycles. The average Bonchev–Trinajstić information content (AvgIpc) is 3.81. The van der Waals surface area contributed by atoms with Crippen molar-refractivity contribution >= 4 is 0 Å². The SMILES string of the molecule is c1ccc(CCCCCCCCCc2c(OCC3CO3)ccc(CCCOCC3CO3)c2OCC2CO2)cc1. The van der Waals surface area contributed by atoms with Crippen LogP contribution < -0.4 is 9.47 Å². The van der Waals surface area contributed by atoms with E-state index in [0.717, 1.165) is 63.6 Å². The maximum Gasteiger partial charge on any atom is 0.129 e. The van der Waals surface area contributed by atoms with Crippen molar-refractivity contribution in [2.75, 3.05) is 46.2 Å². The van der Waals surface area contributed by atoms with Crippen molar-refractivity contribution in [2.24, 2.45) is 0 Å². The Morgan fingerprint density at radius 3 is 1.90 bits per heavy atom. The van der Waals surface area contributed by atoms with Gasteiger partial charge < -0.3 is 28.4 Å². The summed E-state index contributed by atoms with van der Waals surface area (Å²) in [6.45, 7) is 5.09. The first-order valence-corrected chi connectivity index (χ1v) is 15.2. The van der Waals surface area contributed by atoms with Crippen molar-refractivity contribution in [2.45, 2.75) is 88.9 Å². The van der Waals surface area contributed by atoms with Gasteiger partial charge in [0.25, 0.3) is 0 Å². The van der Waals surface area contributed by atoms with Gasteiger partial charge in [0.05, 0.1) is 26.4 Å². The predicted molar refractivity (Wildman–Crippen MR) is 152 cm³/mol. The molecule has 6 nitrogen and oxygen atoms in total. The van der Waals surface area contributed by atoms with E-state index >= 15 is 0 Å². The lowest BCUT2D eigenvalue weighted by Gasteiger charge is -2.20. The second-order valence-corrected chi connectivity index (χ2v) is 11.2. The molecule has 0 aromatic heterocycles. The normalized spacial score (nSPS) is 21.1. The average molecular weight is 539 g/mol. The number of unbranched alkanes of at least 4 members (excludes halogenated alkanes) is 6. The van der Waals surface area contributed by atoms with Gasteiger partial charge in [-0.25, -0.2) is 0 Å². The number of aryl methyl sites for hydroxylation is 2. The van der Waals surface area contributed by atoms with E-state index in [1.807, 2.05) is 0 Å². The van der Waals surface area contributed by atoms with Crippen LogP contribution in [0.4, 0.5) is 0 Å². The molecule has 3 fully saturated rings. The molecule has 0 aliphatic carbocycles. The molecular weight excluding hydrogens is 492 g/mol. The van der Waals surface area contributed by atoms with E-state index < -0.39 is 0 Å². The fourth-order valence-corrected chi connectivity index (χ4v) is 5.00. The molecule has 6 heteroatoms. The van der Waals surface area contributed by atoms with E-state index in [9.17, 15) is 0 Å². The van der Waals surface area contributed by atoms with Gasteiger partial charge in [0.1, 0.15) is 43.0 Å². The number of hydrogen-bond donors (Lipinski definition) is 0. The van der Waals surface area contributed by atoms with Gasteiger partial charge in [-0.2, -0.15) is 0 Å². The van der Waals surface area contributed by atoms with Gasteiger partial charge in [-0.05, 0) is 55.7 Å². The molecule has 3 aliphatic rings. The molecule has 3 saturated heterocycles. The van der Waals surface area contributed by atoms with Crippen molar-refractivity contribution in [3.05, 3.63) is 59.2 Å². The number of epoxide rings is 3. The van der Waals surface area contributed by atoms with Crippen LogP contribution in [0.2, 0.25) is 0 Å². The second-order valence-electron chi connectivity index (χ2n) is 11.2. The van der Waals surface area contributed by atoms with Crippen molar-refractivity contribution in [3.8, 4) is 11.5 Å². The molecule has 0 N–H and O–H groups in total. The van der Waals surface area contributed by atoms with Crippen LogP contribution >= 0.6 is 0 Å². The number of rotatable bonds is 22. The minimum Gasteiger partial charge on any atom is -0.490 e. The molecule has 3 unspecified atom stereocenters. The van der Waals surface area contributed by atoms with Gasteiger partial charge in [-0.3, -0.25) is 0 Å². The molecule has 0 radical (unpaired) electrons. The highest BCUT2D eigenvalue weighted by Gasteiger charge is 2.27. The largest absolute Gasteiger partial charge is 0.490 e. The fourth-order valence-electron chi connectivity index (χ4n) is 5.00. The van der Waals surface area contributed by atoms with E-state index in [1.165, 1.54) is 61.6 Å². The van der Waals surface area contributed by atoms with Crippen LogP contribution in [0.3, 0.4) is 0 Å². The molecular formula is C33H46O6. The van der Waals surface area contributed by atoms with Crippen molar-refractivity contribution in [1.29, 1.82) is 0 Å². The third kappa shape index (κ3) is 10.8. The maximum absolute atomic E-state index is 6.42. The van der Waals surface area contributed by atoms with Crippen LogP contribution in [0.15, 0.2) is 42.5 Å². The summed E-state index contributed by atoms with van der Waals surface area (Å²) in [5.41, 5.74) is 3.91.